The lowest BCUT2D eigenvalue weighted by Crippen LogP contribution is -2.43. The number of hydrogen-bond acceptors (Lipinski definition) is 4. The Morgan fingerprint density at radius 2 is 2.38 bits per heavy atom. The van der Waals surface area contributed by atoms with Crippen molar-refractivity contribution in [2.24, 2.45) is 5.73 Å². The molecule has 1 aromatic carbocycles. The highest BCUT2D eigenvalue weighted by atomic mass is 32.2. The lowest BCUT2D eigenvalue weighted by Gasteiger charge is -2.29. The molecule has 0 radical (unpaired) electrons. The topological polar surface area (TPSA) is 64.3 Å². The molecule has 0 aromatic heterocycles. The Hall–Kier alpha value is -1.20. The number of hydrogen-bond donors (Lipinski definition) is 2. The fraction of sp³-hybridized carbons (Fsp3) is 0.562. The minimum Gasteiger partial charge on any atom is -0.493 e. The van der Waals surface area contributed by atoms with Crippen molar-refractivity contribution < 1.29 is 9.53 Å². The average Bonchev–Trinajstić information content (AvgIpc) is 2.52. The molecule has 0 bridgehead atoms. The van der Waals surface area contributed by atoms with Gasteiger partial charge in [-0.1, -0.05) is 25.1 Å². The third kappa shape index (κ3) is 3.92. The maximum Gasteiger partial charge on any atom is 0.237 e. The van der Waals surface area contributed by atoms with Crippen LogP contribution < -0.4 is 15.8 Å². The van der Waals surface area contributed by atoms with Gasteiger partial charge in [-0.3, -0.25) is 4.79 Å². The van der Waals surface area contributed by atoms with Crippen LogP contribution in [0.2, 0.25) is 0 Å². The van der Waals surface area contributed by atoms with Gasteiger partial charge >= 0.3 is 0 Å². The normalized spacial score (nSPS) is 18.5. The van der Waals surface area contributed by atoms with Gasteiger partial charge in [0.25, 0.3) is 0 Å². The van der Waals surface area contributed by atoms with Crippen molar-refractivity contribution in [3.8, 4) is 5.75 Å². The molecule has 4 nitrogen and oxygen atoms in total. The molecule has 2 unspecified atom stereocenters. The van der Waals surface area contributed by atoms with Crippen LogP contribution in [0.1, 0.15) is 36.9 Å². The number of nitrogens with two attached hydrogens (primary N) is 1. The molecule has 0 saturated carbocycles. The standard InChI is InChI=1S/C16H24N2O2S/c1-3-11-5-4-6-12-14(7-9-20-15(11)12)18-16(19)13(17)8-10-21-2/h4-6,13-14H,3,7-10,17H2,1-2H3,(H,18,19). The fourth-order valence-corrected chi connectivity index (χ4v) is 3.06. The Bertz CT molecular complexity index is 493. The number of aryl methyl sites for hydroxylation is 1. The van der Waals surface area contributed by atoms with Crippen molar-refractivity contribution in [1.82, 2.24) is 5.32 Å². The van der Waals surface area contributed by atoms with E-state index in [1.54, 1.807) is 11.8 Å². The summed E-state index contributed by atoms with van der Waals surface area (Å²) in [4.78, 5) is 12.2. The second-order valence-electron chi connectivity index (χ2n) is 5.28. The Balaban J connectivity index is 2.08. The van der Waals surface area contributed by atoms with E-state index in [4.69, 9.17) is 10.5 Å². The lowest BCUT2D eigenvalue weighted by atomic mass is 9.96. The molecule has 0 spiro atoms. The Kier molecular flexibility index (Phi) is 5.94. The summed E-state index contributed by atoms with van der Waals surface area (Å²) < 4.78 is 5.80. The van der Waals surface area contributed by atoms with Crippen LogP contribution in [-0.4, -0.2) is 30.6 Å². The van der Waals surface area contributed by atoms with Crippen molar-refractivity contribution in [3.63, 3.8) is 0 Å². The molecule has 1 aliphatic heterocycles. The van der Waals surface area contributed by atoms with Gasteiger partial charge in [-0.15, -0.1) is 0 Å². The van der Waals surface area contributed by atoms with Crippen LogP contribution in [0, 0.1) is 0 Å². The van der Waals surface area contributed by atoms with E-state index in [9.17, 15) is 4.79 Å². The molecule has 3 N–H and O–H groups in total. The second-order valence-corrected chi connectivity index (χ2v) is 6.26. The summed E-state index contributed by atoms with van der Waals surface area (Å²) in [6.45, 7) is 2.74. The van der Waals surface area contributed by atoms with Gasteiger partial charge in [0.1, 0.15) is 5.75 Å². The van der Waals surface area contributed by atoms with Crippen LogP contribution in [0.3, 0.4) is 0 Å². The number of ether oxygens (including phenoxy) is 1. The molecule has 2 rings (SSSR count). The van der Waals surface area contributed by atoms with E-state index in [0.717, 1.165) is 29.9 Å². The zero-order chi connectivity index (χ0) is 15.2. The molecular weight excluding hydrogens is 284 g/mol. The highest BCUT2D eigenvalue weighted by Crippen LogP contribution is 2.35. The highest BCUT2D eigenvalue weighted by molar-refractivity contribution is 7.98. The van der Waals surface area contributed by atoms with E-state index in [1.165, 1.54) is 5.56 Å². The first-order valence-corrected chi connectivity index (χ1v) is 8.86. The van der Waals surface area contributed by atoms with Crippen LogP contribution in [0.15, 0.2) is 18.2 Å². The first kappa shape index (κ1) is 16.2. The number of carbonyl (C=O) groups is 1. The minimum atomic E-state index is -0.432. The predicted molar refractivity (Wildman–Crippen MR) is 87.8 cm³/mol. The third-order valence-electron chi connectivity index (χ3n) is 3.82. The third-order valence-corrected chi connectivity index (χ3v) is 4.47. The number of nitrogens with one attached hydrogen (secondary N) is 1. The zero-order valence-electron chi connectivity index (χ0n) is 12.7. The Labute approximate surface area is 130 Å². The summed E-state index contributed by atoms with van der Waals surface area (Å²) in [5.41, 5.74) is 8.21. The average molecular weight is 308 g/mol. The van der Waals surface area contributed by atoms with E-state index in [0.29, 0.717) is 13.0 Å². The summed E-state index contributed by atoms with van der Waals surface area (Å²) >= 11 is 1.71. The molecule has 1 heterocycles. The van der Waals surface area contributed by atoms with Crippen molar-refractivity contribution in [3.05, 3.63) is 29.3 Å². The highest BCUT2D eigenvalue weighted by Gasteiger charge is 2.26. The van der Waals surface area contributed by atoms with Gasteiger partial charge in [0, 0.05) is 12.0 Å². The molecule has 2 atom stereocenters. The van der Waals surface area contributed by atoms with Crippen LogP contribution in [0.25, 0.3) is 0 Å². The van der Waals surface area contributed by atoms with Crippen molar-refractivity contribution >= 4 is 17.7 Å². The number of benzene rings is 1. The van der Waals surface area contributed by atoms with Crippen LogP contribution in [0.5, 0.6) is 5.75 Å². The van der Waals surface area contributed by atoms with Gasteiger partial charge in [-0.05, 0) is 30.4 Å². The quantitative estimate of drug-likeness (QED) is 0.846. The summed E-state index contributed by atoms with van der Waals surface area (Å²) in [7, 11) is 0. The van der Waals surface area contributed by atoms with E-state index < -0.39 is 6.04 Å². The summed E-state index contributed by atoms with van der Waals surface area (Å²) in [6.07, 6.45) is 4.45. The Morgan fingerprint density at radius 3 is 3.10 bits per heavy atom. The van der Waals surface area contributed by atoms with Crippen LogP contribution in [0.4, 0.5) is 0 Å². The molecule has 0 aliphatic carbocycles. The molecule has 1 aliphatic rings. The number of fused-ring (bicyclic) bond motifs is 1. The van der Waals surface area contributed by atoms with Gasteiger partial charge in [0.2, 0.25) is 5.91 Å². The van der Waals surface area contributed by atoms with E-state index in [-0.39, 0.29) is 11.9 Å². The minimum absolute atomic E-state index is 0.00748. The zero-order valence-corrected chi connectivity index (χ0v) is 13.5. The Morgan fingerprint density at radius 1 is 1.57 bits per heavy atom. The monoisotopic (exact) mass is 308 g/mol. The van der Waals surface area contributed by atoms with Crippen LogP contribution >= 0.6 is 11.8 Å². The SMILES string of the molecule is CCc1cccc2c1OCCC2NC(=O)C(N)CCSC. The molecule has 1 amide bonds. The van der Waals surface area contributed by atoms with Gasteiger partial charge in [0.05, 0.1) is 18.7 Å². The number of amides is 1. The maximum atomic E-state index is 12.2. The number of carbonyl (C=O) groups excluding carboxylic acids is 1. The molecule has 116 valence electrons. The van der Waals surface area contributed by atoms with Gasteiger partial charge in [0.15, 0.2) is 0 Å². The molecule has 21 heavy (non-hydrogen) atoms. The lowest BCUT2D eigenvalue weighted by molar-refractivity contribution is -0.123. The molecule has 5 heteroatoms. The van der Waals surface area contributed by atoms with Gasteiger partial charge in [-0.2, -0.15) is 11.8 Å². The summed E-state index contributed by atoms with van der Waals surface area (Å²) in [5.74, 6) is 1.77. The van der Waals surface area contributed by atoms with E-state index in [2.05, 4.69) is 18.3 Å². The summed E-state index contributed by atoms with van der Waals surface area (Å²) in [6, 6.07) is 5.71. The molecular formula is C16H24N2O2S. The fourth-order valence-electron chi connectivity index (χ4n) is 2.57. The first-order valence-electron chi connectivity index (χ1n) is 7.46. The van der Waals surface area contributed by atoms with Gasteiger partial charge < -0.3 is 15.8 Å². The van der Waals surface area contributed by atoms with Crippen molar-refractivity contribution in [1.29, 1.82) is 0 Å². The number of rotatable bonds is 6. The van der Waals surface area contributed by atoms with E-state index in [1.807, 2.05) is 18.4 Å². The second kappa shape index (κ2) is 7.71. The van der Waals surface area contributed by atoms with Crippen LogP contribution in [-0.2, 0) is 11.2 Å². The van der Waals surface area contributed by atoms with Crippen molar-refractivity contribution in [2.75, 3.05) is 18.6 Å². The van der Waals surface area contributed by atoms with Gasteiger partial charge in [-0.25, -0.2) is 0 Å². The largest absolute Gasteiger partial charge is 0.493 e. The number of para-hydroxylation sites is 1. The maximum absolute atomic E-state index is 12.2. The molecule has 1 aromatic rings. The number of thioether (sulfide) groups is 1. The predicted octanol–water partition coefficient (Wildman–Crippen LogP) is 2.27. The first-order chi connectivity index (χ1) is 10.2. The summed E-state index contributed by atoms with van der Waals surface area (Å²) in [5, 5.41) is 3.08. The molecule has 0 fully saturated rings. The molecule has 0 saturated heterocycles. The van der Waals surface area contributed by atoms with Crippen molar-refractivity contribution in [2.45, 2.75) is 38.3 Å². The van der Waals surface area contributed by atoms with E-state index >= 15 is 0 Å². The smallest absolute Gasteiger partial charge is 0.237 e.